The first-order chi connectivity index (χ1) is 9.35. The number of aromatic nitrogens is 2. The van der Waals surface area contributed by atoms with E-state index in [-0.39, 0.29) is 0 Å². The van der Waals surface area contributed by atoms with Crippen LogP contribution in [0.2, 0.25) is 0 Å². The Morgan fingerprint density at radius 1 is 1.26 bits per heavy atom. The third-order valence-electron chi connectivity index (χ3n) is 2.96. The molecule has 0 aliphatic carbocycles. The van der Waals surface area contributed by atoms with Crippen molar-refractivity contribution in [2.75, 3.05) is 20.3 Å². The van der Waals surface area contributed by atoms with Gasteiger partial charge in [-0.15, -0.1) is 5.10 Å². The molecule has 2 rings (SSSR count). The zero-order valence-electron chi connectivity index (χ0n) is 11.3. The van der Waals surface area contributed by atoms with Crippen LogP contribution in [-0.2, 0) is 17.7 Å². The number of benzene rings is 1. The van der Waals surface area contributed by atoms with Crippen LogP contribution in [0.25, 0.3) is 11.3 Å². The minimum Gasteiger partial charge on any atom is -0.383 e. The number of ether oxygens (including phenoxy) is 1. The lowest BCUT2D eigenvalue weighted by molar-refractivity contribution is 0.199. The first-order valence-electron chi connectivity index (χ1n) is 6.45. The SMILES string of the molecule is CCc1ccc(-c2nnsc2CNCCOC)cc1. The largest absolute Gasteiger partial charge is 0.383 e. The molecule has 102 valence electrons. The normalized spacial score (nSPS) is 10.8. The minimum atomic E-state index is 0.715. The van der Waals surface area contributed by atoms with Crippen LogP contribution in [0.15, 0.2) is 24.3 Å². The van der Waals surface area contributed by atoms with Crippen LogP contribution < -0.4 is 5.32 Å². The lowest BCUT2D eigenvalue weighted by atomic mass is 10.1. The standard InChI is InChI=1S/C14H19N3OS/c1-3-11-4-6-12(7-5-11)14-13(19-17-16-14)10-15-8-9-18-2/h4-7,15H,3,8-10H2,1-2H3. The van der Waals surface area contributed by atoms with Gasteiger partial charge in [0.1, 0.15) is 5.69 Å². The van der Waals surface area contributed by atoms with Gasteiger partial charge in [0.05, 0.1) is 11.5 Å². The van der Waals surface area contributed by atoms with Gasteiger partial charge < -0.3 is 10.1 Å². The average molecular weight is 277 g/mol. The Labute approximate surface area is 118 Å². The highest BCUT2D eigenvalue weighted by Gasteiger charge is 2.09. The van der Waals surface area contributed by atoms with E-state index in [1.54, 1.807) is 7.11 Å². The molecular weight excluding hydrogens is 258 g/mol. The monoisotopic (exact) mass is 277 g/mol. The molecule has 0 radical (unpaired) electrons. The number of nitrogens with one attached hydrogen (secondary N) is 1. The van der Waals surface area contributed by atoms with Crippen LogP contribution in [-0.4, -0.2) is 29.8 Å². The number of nitrogens with zero attached hydrogens (tertiary/aromatic N) is 2. The third-order valence-corrected chi connectivity index (χ3v) is 3.68. The molecule has 2 aromatic rings. The number of hydrogen-bond acceptors (Lipinski definition) is 5. The van der Waals surface area contributed by atoms with Gasteiger partial charge in [0.2, 0.25) is 0 Å². The molecule has 0 aliphatic heterocycles. The van der Waals surface area contributed by atoms with Crippen molar-refractivity contribution in [3.63, 3.8) is 0 Å². The third kappa shape index (κ3) is 3.83. The fourth-order valence-corrected chi connectivity index (χ4v) is 2.45. The van der Waals surface area contributed by atoms with Crippen molar-refractivity contribution in [2.24, 2.45) is 0 Å². The van der Waals surface area contributed by atoms with Crippen LogP contribution in [0.5, 0.6) is 0 Å². The first-order valence-corrected chi connectivity index (χ1v) is 7.22. The van der Waals surface area contributed by atoms with Gasteiger partial charge in [-0.3, -0.25) is 0 Å². The van der Waals surface area contributed by atoms with Crippen LogP contribution in [0.3, 0.4) is 0 Å². The van der Waals surface area contributed by atoms with Crippen LogP contribution >= 0.6 is 11.5 Å². The lowest BCUT2D eigenvalue weighted by Gasteiger charge is -2.04. The van der Waals surface area contributed by atoms with Crippen LogP contribution in [0, 0.1) is 0 Å². The Balaban J connectivity index is 2.05. The molecule has 0 amide bonds. The van der Waals surface area contributed by atoms with E-state index >= 15 is 0 Å². The van der Waals surface area contributed by atoms with E-state index in [1.807, 2.05) is 0 Å². The fourth-order valence-electron chi connectivity index (χ4n) is 1.82. The summed E-state index contributed by atoms with van der Waals surface area (Å²) in [7, 11) is 1.71. The molecule has 4 nitrogen and oxygen atoms in total. The second kappa shape index (κ2) is 7.33. The molecule has 0 aliphatic rings. The second-order valence-corrected chi connectivity index (χ2v) is 5.10. The Kier molecular flexibility index (Phi) is 5.44. The van der Waals surface area contributed by atoms with Gasteiger partial charge in [-0.25, -0.2) is 0 Å². The molecule has 0 saturated heterocycles. The van der Waals surface area contributed by atoms with Gasteiger partial charge in [0.25, 0.3) is 0 Å². The summed E-state index contributed by atoms with van der Waals surface area (Å²) in [5, 5.41) is 7.56. The maximum Gasteiger partial charge on any atom is 0.110 e. The Morgan fingerprint density at radius 2 is 2.05 bits per heavy atom. The molecule has 1 heterocycles. The molecule has 19 heavy (non-hydrogen) atoms. The summed E-state index contributed by atoms with van der Waals surface area (Å²) in [6, 6.07) is 8.54. The average Bonchev–Trinajstić information content (AvgIpc) is 2.92. The first kappa shape index (κ1) is 14.1. The Bertz CT molecular complexity index is 496. The Hall–Kier alpha value is -1.30. The number of aryl methyl sites for hydroxylation is 1. The van der Waals surface area contributed by atoms with E-state index in [2.05, 4.69) is 46.1 Å². The summed E-state index contributed by atoms with van der Waals surface area (Å²) in [4.78, 5) is 1.17. The molecular formula is C14H19N3OS. The molecule has 0 spiro atoms. The number of hydrogen-bond donors (Lipinski definition) is 1. The van der Waals surface area contributed by atoms with Gasteiger partial charge in [-0.2, -0.15) is 0 Å². The summed E-state index contributed by atoms with van der Waals surface area (Å²) < 4.78 is 9.07. The van der Waals surface area contributed by atoms with E-state index in [0.717, 1.165) is 30.8 Å². The van der Waals surface area contributed by atoms with E-state index in [0.29, 0.717) is 6.61 Å². The van der Waals surface area contributed by atoms with Crippen molar-refractivity contribution >= 4 is 11.5 Å². The van der Waals surface area contributed by atoms with Gasteiger partial charge in [0.15, 0.2) is 0 Å². The Morgan fingerprint density at radius 3 is 2.74 bits per heavy atom. The predicted octanol–water partition coefficient (Wildman–Crippen LogP) is 2.50. The number of methoxy groups -OCH3 is 1. The second-order valence-electron chi connectivity index (χ2n) is 4.26. The minimum absolute atomic E-state index is 0.715. The van der Waals surface area contributed by atoms with Crippen molar-refractivity contribution < 1.29 is 4.74 Å². The smallest absolute Gasteiger partial charge is 0.110 e. The van der Waals surface area contributed by atoms with E-state index in [9.17, 15) is 0 Å². The highest BCUT2D eigenvalue weighted by Crippen LogP contribution is 2.24. The maximum absolute atomic E-state index is 5.01. The van der Waals surface area contributed by atoms with Crippen LogP contribution in [0.1, 0.15) is 17.4 Å². The molecule has 5 heteroatoms. The van der Waals surface area contributed by atoms with Gasteiger partial charge in [-0.05, 0) is 23.5 Å². The van der Waals surface area contributed by atoms with Gasteiger partial charge in [-0.1, -0.05) is 35.7 Å². The number of rotatable bonds is 7. The lowest BCUT2D eigenvalue weighted by Crippen LogP contribution is -2.18. The molecule has 0 bridgehead atoms. The highest BCUT2D eigenvalue weighted by atomic mass is 32.1. The fraction of sp³-hybridized carbons (Fsp3) is 0.429. The molecule has 1 aromatic heterocycles. The maximum atomic E-state index is 5.01. The zero-order chi connectivity index (χ0) is 13.5. The molecule has 1 N–H and O–H groups in total. The van der Waals surface area contributed by atoms with E-state index in [1.165, 1.54) is 22.0 Å². The zero-order valence-corrected chi connectivity index (χ0v) is 12.2. The molecule has 0 atom stereocenters. The van der Waals surface area contributed by atoms with E-state index in [4.69, 9.17) is 4.74 Å². The van der Waals surface area contributed by atoms with Crippen molar-refractivity contribution in [3.05, 3.63) is 34.7 Å². The quantitative estimate of drug-likeness (QED) is 0.790. The van der Waals surface area contributed by atoms with E-state index < -0.39 is 0 Å². The molecule has 1 aromatic carbocycles. The predicted molar refractivity (Wildman–Crippen MR) is 78.3 cm³/mol. The summed E-state index contributed by atoms with van der Waals surface area (Å²) in [6.45, 7) is 4.49. The van der Waals surface area contributed by atoms with Crippen molar-refractivity contribution in [2.45, 2.75) is 19.9 Å². The van der Waals surface area contributed by atoms with Crippen molar-refractivity contribution in [1.82, 2.24) is 14.9 Å². The summed E-state index contributed by atoms with van der Waals surface area (Å²) >= 11 is 1.45. The summed E-state index contributed by atoms with van der Waals surface area (Å²) in [5.41, 5.74) is 3.46. The topological polar surface area (TPSA) is 47.0 Å². The van der Waals surface area contributed by atoms with Gasteiger partial charge >= 0.3 is 0 Å². The highest BCUT2D eigenvalue weighted by molar-refractivity contribution is 7.05. The van der Waals surface area contributed by atoms with Gasteiger partial charge in [0, 0.05) is 25.8 Å². The summed E-state index contributed by atoms with van der Waals surface area (Å²) in [6.07, 6.45) is 1.06. The molecule has 0 fully saturated rings. The van der Waals surface area contributed by atoms with Crippen molar-refractivity contribution in [3.8, 4) is 11.3 Å². The van der Waals surface area contributed by atoms with Crippen LogP contribution in [0.4, 0.5) is 0 Å². The van der Waals surface area contributed by atoms with Crippen molar-refractivity contribution in [1.29, 1.82) is 0 Å². The summed E-state index contributed by atoms with van der Waals surface area (Å²) in [5.74, 6) is 0. The molecule has 0 saturated carbocycles. The molecule has 0 unspecified atom stereocenters.